The van der Waals surface area contributed by atoms with Gasteiger partial charge in [0.25, 0.3) is 5.91 Å². The third kappa shape index (κ3) is 2.29. The van der Waals surface area contributed by atoms with Crippen LogP contribution in [0.1, 0.15) is 23.2 Å². The zero-order valence-electron chi connectivity index (χ0n) is 11.0. The van der Waals surface area contributed by atoms with Crippen LogP contribution in [0.2, 0.25) is 0 Å². The molecule has 0 atom stereocenters. The SMILES string of the molecule is NC(=S)C1CCN(C(=O)c2coc3ccccc23)CC1. The molecule has 20 heavy (non-hydrogen) atoms. The molecule has 4 nitrogen and oxygen atoms in total. The maximum Gasteiger partial charge on any atom is 0.257 e. The fourth-order valence-corrected chi connectivity index (χ4v) is 2.92. The molecule has 1 amide bonds. The van der Waals surface area contributed by atoms with Gasteiger partial charge in [-0.05, 0) is 18.9 Å². The summed E-state index contributed by atoms with van der Waals surface area (Å²) in [5, 5.41) is 0.869. The molecule has 0 aliphatic carbocycles. The van der Waals surface area contributed by atoms with Gasteiger partial charge in [0.15, 0.2) is 0 Å². The van der Waals surface area contributed by atoms with Crippen molar-refractivity contribution in [2.75, 3.05) is 13.1 Å². The van der Waals surface area contributed by atoms with E-state index in [0.717, 1.165) is 23.8 Å². The van der Waals surface area contributed by atoms with Crippen molar-refractivity contribution < 1.29 is 9.21 Å². The van der Waals surface area contributed by atoms with E-state index in [1.54, 1.807) is 6.26 Å². The summed E-state index contributed by atoms with van der Waals surface area (Å²) in [6.45, 7) is 1.39. The van der Waals surface area contributed by atoms with Crippen molar-refractivity contribution >= 4 is 34.1 Å². The molecule has 104 valence electrons. The lowest BCUT2D eigenvalue weighted by molar-refractivity contribution is 0.0711. The molecule has 1 aliphatic heterocycles. The molecule has 1 fully saturated rings. The Labute approximate surface area is 122 Å². The van der Waals surface area contributed by atoms with E-state index in [1.165, 1.54) is 0 Å². The average molecular weight is 288 g/mol. The van der Waals surface area contributed by atoms with Crippen LogP contribution in [0.25, 0.3) is 11.0 Å². The third-order valence-corrected chi connectivity index (χ3v) is 4.23. The van der Waals surface area contributed by atoms with Crippen LogP contribution in [0.3, 0.4) is 0 Å². The van der Waals surface area contributed by atoms with Crippen LogP contribution in [0.15, 0.2) is 34.9 Å². The van der Waals surface area contributed by atoms with Gasteiger partial charge in [0.05, 0.1) is 10.6 Å². The van der Waals surface area contributed by atoms with Crippen LogP contribution in [-0.4, -0.2) is 28.9 Å². The monoisotopic (exact) mass is 288 g/mol. The minimum atomic E-state index is 0.0244. The van der Waals surface area contributed by atoms with Gasteiger partial charge in [-0.15, -0.1) is 0 Å². The Bertz CT molecular complexity index is 657. The number of amides is 1. The van der Waals surface area contributed by atoms with Crippen molar-refractivity contribution in [2.24, 2.45) is 11.7 Å². The summed E-state index contributed by atoms with van der Waals surface area (Å²) in [5.74, 6) is 0.284. The second kappa shape index (κ2) is 5.25. The number of fused-ring (bicyclic) bond motifs is 1. The number of thiocarbonyl (C=S) groups is 1. The summed E-state index contributed by atoms with van der Waals surface area (Å²) in [7, 11) is 0. The predicted octanol–water partition coefficient (Wildman–Crippen LogP) is 2.57. The number of benzene rings is 1. The second-order valence-electron chi connectivity index (χ2n) is 5.11. The van der Waals surface area contributed by atoms with Crippen molar-refractivity contribution in [1.82, 2.24) is 4.90 Å². The lowest BCUT2D eigenvalue weighted by atomic mass is 9.96. The van der Waals surface area contributed by atoms with Crippen LogP contribution < -0.4 is 5.73 Å². The number of nitrogens with two attached hydrogens (primary N) is 1. The molecule has 2 N–H and O–H groups in total. The predicted molar refractivity (Wildman–Crippen MR) is 81.6 cm³/mol. The first-order valence-corrected chi connectivity index (χ1v) is 7.12. The smallest absolute Gasteiger partial charge is 0.257 e. The standard InChI is InChI=1S/C15H16N2O2S/c16-14(20)10-5-7-17(8-6-10)15(18)12-9-19-13-4-2-1-3-11(12)13/h1-4,9-10H,5-8H2,(H2,16,20). The molecular weight excluding hydrogens is 272 g/mol. The Kier molecular flexibility index (Phi) is 3.44. The number of likely N-dealkylation sites (tertiary alicyclic amines) is 1. The summed E-state index contributed by atoms with van der Waals surface area (Å²) >= 11 is 5.02. The van der Waals surface area contributed by atoms with Crippen molar-refractivity contribution in [1.29, 1.82) is 0 Å². The number of furan rings is 1. The van der Waals surface area contributed by atoms with E-state index in [1.807, 2.05) is 29.2 Å². The van der Waals surface area contributed by atoms with Crippen LogP contribution in [0.5, 0.6) is 0 Å². The molecular formula is C15H16N2O2S. The van der Waals surface area contributed by atoms with Gasteiger partial charge in [-0.25, -0.2) is 0 Å². The molecule has 1 aromatic heterocycles. The van der Waals surface area contributed by atoms with Gasteiger partial charge in [0, 0.05) is 24.4 Å². The van der Waals surface area contributed by atoms with Gasteiger partial charge in [0.1, 0.15) is 11.8 Å². The molecule has 2 aromatic rings. The highest BCUT2D eigenvalue weighted by molar-refractivity contribution is 7.80. The first-order chi connectivity index (χ1) is 9.66. The molecule has 1 aromatic carbocycles. The van der Waals surface area contributed by atoms with Crippen LogP contribution in [-0.2, 0) is 0 Å². The maximum atomic E-state index is 12.6. The Hall–Kier alpha value is -1.88. The fourth-order valence-electron chi connectivity index (χ4n) is 2.68. The van der Waals surface area contributed by atoms with Crippen LogP contribution in [0.4, 0.5) is 0 Å². The topological polar surface area (TPSA) is 59.5 Å². The Morgan fingerprint density at radius 2 is 2.00 bits per heavy atom. The minimum Gasteiger partial charge on any atom is -0.463 e. The molecule has 0 radical (unpaired) electrons. The first-order valence-electron chi connectivity index (χ1n) is 6.71. The van der Waals surface area contributed by atoms with Crippen molar-refractivity contribution in [2.45, 2.75) is 12.8 Å². The number of hydrogen-bond donors (Lipinski definition) is 1. The van der Waals surface area contributed by atoms with E-state index in [-0.39, 0.29) is 11.8 Å². The number of carbonyl (C=O) groups excluding carboxylic acids is 1. The number of para-hydroxylation sites is 1. The van der Waals surface area contributed by atoms with Crippen molar-refractivity contribution in [3.05, 3.63) is 36.1 Å². The number of nitrogens with zero attached hydrogens (tertiary/aromatic N) is 1. The van der Waals surface area contributed by atoms with Crippen molar-refractivity contribution in [3.63, 3.8) is 0 Å². The summed E-state index contributed by atoms with van der Waals surface area (Å²) in [4.78, 5) is 15.0. The van der Waals surface area contributed by atoms with E-state index in [0.29, 0.717) is 23.6 Å². The number of carbonyl (C=O) groups is 1. The second-order valence-corrected chi connectivity index (χ2v) is 5.59. The highest BCUT2D eigenvalue weighted by Gasteiger charge is 2.26. The van der Waals surface area contributed by atoms with Gasteiger partial charge in [-0.1, -0.05) is 30.4 Å². The van der Waals surface area contributed by atoms with E-state index < -0.39 is 0 Å². The normalized spacial score (nSPS) is 16.5. The highest BCUT2D eigenvalue weighted by Crippen LogP contribution is 2.24. The quantitative estimate of drug-likeness (QED) is 0.863. The zero-order valence-corrected chi connectivity index (χ0v) is 11.9. The third-order valence-electron chi connectivity index (χ3n) is 3.90. The molecule has 3 rings (SSSR count). The highest BCUT2D eigenvalue weighted by atomic mass is 32.1. The summed E-state index contributed by atoms with van der Waals surface area (Å²) in [6.07, 6.45) is 3.24. The van der Waals surface area contributed by atoms with E-state index in [4.69, 9.17) is 22.4 Å². The number of hydrogen-bond acceptors (Lipinski definition) is 3. The van der Waals surface area contributed by atoms with Crippen LogP contribution >= 0.6 is 12.2 Å². The Morgan fingerprint density at radius 1 is 1.30 bits per heavy atom. The van der Waals surface area contributed by atoms with Gasteiger partial charge in [0.2, 0.25) is 0 Å². The molecule has 0 bridgehead atoms. The minimum absolute atomic E-state index is 0.0244. The van der Waals surface area contributed by atoms with E-state index >= 15 is 0 Å². The summed E-state index contributed by atoms with van der Waals surface area (Å²) in [5.41, 5.74) is 7.05. The molecule has 2 heterocycles. The molecule has 5 heteroatoms. The number of rotatable bonds is 2. The van der Waals surface area contributed by atoms with Gasteiger partial charge in [-0.3, -0.25) is 4.79 Å². The van der Waals surface area contributed by atoms with E-state index in [9.17, 15) is 4.79 Å². The molecule has 0 saturated carbocycles. The van der Waals surface area contributed by atoms with Gasteiger partial charge >= 0.3 is 0 Å². The Morgan fingerprint density at radius 3 is 2.70 bits per heavy atom. The summed E-state index contributed by atoms with van der Waals surface area (Å²) in [6, 6.07) is 7.58. The van der Waals surface area contributed by atoms with Gasteiger partial charge < -0.3 is 15.1 Å². The molecule has 0 unspecified atom stereocenters. The van der Waals surface area contributed by atoms with E-state index in [2.05, 4.69) is 0 Å². The van der Waals surface area contributed by atoms with Gasteiger partial charge in [-0.2, -0.15) is 0 Å². The lowest BCUT2D eigenvalue weighted by Gasteiger charge is -2.31. The lowest BCUT2D eigenvalue weighted by Crippen LogP contribution is -2.41. The Balaban J connectivity index is 1.78. The first kappa shape index (κ1) is 13.1. The van der Waals surface area contributed by atoms with Crippen LogP contribution in [0, 0.1) is 5.92 Å². The summed E-state index contributed by atoms with van der Waals surface area (Å²) < 4.78 is 5.43. The molecule has 1 saturated heterocycles. The largest absolute Gasteiger partial charge is 0.463 e. The average Bonchev–Trinajstić information content (AvgIpc) is 2.90. The number of piperidine rings is 1. The van der Waals surface area contributed by atoms with Crippen molar-refractivity contribution in [3.8, 4) is 0 Å². The fraction of sp³-hybridized carbons (Fsp3) is 0.333. The molecule has 0 spiro atoms. The molecule has 1 aliphatic rings. The maximum absolute atomic E-state index is 12.6. The zero-order chi connectivity index (χ0) is 14.1.